The van der Waals surface area contributed by atoms with Crippen molar-refractivity contribution in [3.63, 3.8) is 0 Å². The second-order valence-electron chi connectivity index (χ2n) is 6.47. The number of hydrogen-bond acceptors (Lipinski definition) is 4. The van der Waals surface area contributed by atoms with Gasteiger partial charge in [-0.15, -0.1) is 0 Å². The van der Waals surface area contributed by atoms with Gasteiger partial charge in [-0.1, -0.05) is 6.07 Å². The molecule has 1 amide bonds. The molecule has 0 atom stereocenters. The zero-order valence-corrected chi connectivity index (χ0v) is 16.0. The fourth-order valence-corrected chi connectivity index (χ4v) is 4.19. The van der Waals surface area contributed by atoms with Crippen LogP contribution in [-0.4, -0.2) is 34.0 Å². The molecule has 1 fully saturated rings. The minimum absolute atomic E-state index is 0.00881. The van der Waals surface area contributed by atoms with Crippen LogP contribution in [0.25, 0.3) is 0 Å². The van der Waals surface area contributed by atoms with Crippen LogP contribution in [0.3, 0.4) is 0 Å². The number of methoxy groups -OCH3 is 1. The van der Waals surface area contributed by atoms with Crippen molar-refractivity contribution in [2.24, 2.45) is 0 Å². The van der Waals surface area contributed by atoms with Crippen molar-refractivity contribution < 1.29 is 26.7 Å². The van der Waals surface area contributed by atoms with Crippen molar-refractivity contribution in [3.05, 3.63) is 59.2 Å². The summed E-state index contributed by atoms with van der Waals surface area (Å²) in [4.78, 5) is 12.2. The largest absolute Gasteiger partial charge is 0.495 e. The maximum absolute atomic E-state index is 13.6. The topological polar surface area (TPSA) is 84.5 Å². The summed E-state index contributed by atoms with van der Waals surface area (Å²) in [5.41, 5.74) is -0.0135. The lowest BCUT2D eigenvalue weighted by Gasteiger charge is -2.12. The van der Waals surface area contributed by atoms with Gasteiger partial charge < -0.3 is 10.1 Å². The molecule has 0 radical (unpaired) electrons. The van der Waals surface area contributed by atoms with E-state index in [4.69, 9.17) is 4.74 Å². The van der Waals surface area contributed by atoms with Crippen molar-refractivity contribution in [1.82, 2.24) is 10.0 Å². The van der Waals surface area contributed by atoms with Gasteiger partial charge in [0.1, 0.15) is 22.3 Å². The van der Waals surface area contributed by atoms with E-state index in [9.17, 15) is 22.0 Å². The van der Waals surface area contributed by atoms with E-state index in [1.807, 2.05) is 0 Å². The van der Waals surface area contributed by atoms with Gasteiger partial charge in [0, 0.05) is 23.7 Å². The molecule has 3 rings (SSSR count). The monoisotopic (exact) mass is 410 g/mol. The number of carbonyl (C=O) groups is 1. The lowest BCUT2D eigenvalue weighted by atomic mass is 10.1. The van der Waals surface area contributed by atoms with Crippen LogP contribution < -0.4 is 14.8 Å². The summed E-state index contributed by atoms with van der Waals surface area (Å²) in [6.45, 7) is -0.00881. The summed E-state index contributed by atoms with van der Waals surface area (Å²) in [6, 6.07) is 7.51. The maximum atomic E-state index is 13.6. The van der Waals surface area contributed by atoms with Crippen LogP contribution in [-0.2, 0) is 16.4 Å². The van der Waals surface area contributed by atoms with Crippen molar-refractivity contribution >= 4 is 15.9 Å². The number of hydrogen-bond donors (Lipinski definition) is 2. The quantitative estimate of drug-likeness (QED) is 0.700. The number of sulfonamides is 1. The molecule has 0 unspecified atom stereocenters. The van der Waals surface area contributed by atoms with Crippen LogP contribution in [0.5, 0.6) is 5.75 Å². The Kier molecular flexibility index (Phi) is 5.95. The fourth-order valence-electron chi connectivity index (χ4n) is 2.69. The number of rotatable bonds is 8. The summed E-state index contributed by atoms with van der Waals surface area (Å²) < 4.78 is 59.9. The molecule has 6 nitrogen and oxygen atoms in total. The van der Waals surface area contributed by atoms with Gasteiger partial charge in [0.2, 0.25) is 10.0 Å². The van der Waals surface area contributed by atoms with Crippen LogP contribution in [0.15, 0.2) is 41.3 Å². The molecule has 1 saturated carbocycles. The van der Waals surface area contributed by atoms with Crippen molar-refractivity contribution in [3.8, 4) is 5.75 Å². The molecular formula is C19H20F2N2O4S. The molecule has 2 aromatic carbocycles. The van der Waals surface area contributed by atoms with Gasteiger partial charge in [0.25, 0.3) is 5.91 Å². The van der Waals surface area contributed by atoms with Crippen LogP contribution >= 0.6 is 0 Å². The third-order valence-corrected chi connectivity index (χ3v) is 5.88. The fraction of sp³-hybridized carbons (Fsp3) is 0.316. The van der Waals surface area contributed by atoms with Crippen LogP contribution in [0, 0.1) is 11.6 Å². The number of carbonyl (C=O) groups excluding carboxylic acids is 1. The Morgan fingerprint density at radius 3 is 2.46 bits per heavy atom. The molecule has 0 aromatic heterocycles. The predicted octanol–water partition coefficient (Wildman–Crippen LogP) is 2.39. The summed E-state index contributed by atoms with van der Waals surface area (Å²) in [7, 11) is -2.48. The van der Waals surface area contributed by atoms with Crippen molar-refractivity contribution in [1.29, 1.82) is 0 Å². The van der Waals surface area contributed by atoms with E-state index in [-0.39, 0.29) is 40.8 Å². The first-order valence-corrected chi connectivity index (χ1v) is 10.2. The van der Waals surface area contributed by atoms with Gasteiger partial charge in [0.05, 0.1) is 7.11 Å². The van der Waals surface area contributed by atoms with Gasteiger partial charge in [-0.25, -0.2) is 21.9 Å². The molecule has 28 heavy (non-hydrogen) atoms. The maximum Gasteiger partial charge on any atom is 0.251 e. The second kappa shape index (κ2) is 8.24. The van der Waals surface area contributed by atoms with E-state index in [0.717, 1.165) is 25.0 Å². The average molecular weight is 410 g/mol. The molecule has 0 bridgehead atoms. The van der Waals surface area contributed by atoms with E-state index in [0.29, 0.717) is 0 Å². The summed E-state index contributed by atoms with van der Waals surface area (Å²) in [5, 5.41) is 2.54. The van der Waals surface area contributed by atoms with Crippen LogP contribution in [0.2, 0.25) is 0 Å². The Balaban J connectivity index is 1.72. The van der Waals surface area contributed by atoms with Gasteiger partial charge in [0.15, 0.2) is 0 Å². The highest BCUT2D eigenvalue weighted by atomic mass is 32.2. The van der Waals surface area contributed by atoms with E-state index >= 15 is 0 Å². The average Bonchev–Trinajstić information content (AvgIpc) is 3.46. The zero-order chi connectivity index (χ0) is 20.3. The summed E-state index contributed by atoms with van der Waals surface area (Å²) >= 11 is 0. The Bertz CT molecular complexity index is 971. The SMILES string of the molecule is COc1ccc(C(=O)NCCc2c(F)cccc2F)cc1S(=O)(=O)NC1CC1. The Labute approximate surface area is 162 Å². The number of halogens is 2. The molecule has 150 valence electrons. The van der Waals surface area contributed by atoms with Gasteiger partial charge in [-0.2, -0.15) is 0 Å². The van der Waals surface area contributed by atoms with Gasteiger partial charge >= 0.3 is 0 Å². The summed E-state index contributed by atoms with van der Waals surface area (Å²) in [5.74, 6) is -1.79. The highest BCUT2D eigenvalue weighted by molar-refractivity contribution is 7.89. The zero-order valence-electron chi connectivity index (χ0n) is 15.2. The number of benzene rings is 2. The van der Waals surface area contributed by atoms with Crippen molar-refractivity contribution in [2.45, 2.75) is 30.2 Å². The Morgan fingerprint density at radius 2 is 1.86 bits per heavy atom. The second-order valence-corrected chi connectivity index (χ2v) is 8.15. The van der Waals surface area contributed by atoms with Crippen LogP contribution in [0.1, 0.15) is 28.8 Å². The lowest BCUT2D eigenvalue weighted by Crippen LogP contribution is -2.28. The third kappa shape index (κ3) is 4.66. The summed E-state index contributed by atoms with van der Waals surface area (Å²) in [6.07, 6.45) is 1.51. The van der Waals surface area contributed by atoms with Crippen molar-refractivity contribution in [2.75, 3.05) is 13.7 Å². The molecule has 9 heteroatoms. The number of amides is 1. The first-order valence-electron chi connectivity index (χ1n) is 8.73. The van der Waals surface area contributed by atoms with E-state index in [2.05, 4.69) is 10.0 Å². The third-order valence-electron chi connectivity index (χ3n) is 4.34. The molecule has 0 saturated heterocycles. The molecule has 1 aliphatic carbocycles. The first kappa shape index (κ1) is 20.2. The molecule has 0 heterocycles. The number of nitrogens with one attached hydrogen (secondary N) is 2. The highest BCUT2D eigenvalue weighted by Gasteiger charge is 2.30. The molecule has 0 aliphatic heterocycles. The molecule has 2 aromatic rings. The molecule has 0 spiro atoms. The highest BCUT2D eigenvalue weighted by Crippen LogP contribution is 2.28. The van der Waals surface area contributed by atoms with E-state index in [1.54, 1.807) is 0 Å². The molecule has 1 aliphatic rings. The minimum atomic E-state index is -3.82. The first-order chi connectivity index (χ1) is 13.3. The molecule has 2 N–H and O–H groups in total. The Hall–Kier alpha value is -2.52. The smallest absolute Gasteiger partial charge is 0.251 e. The Morgan fingerprint density at radius 1 is 1.18 bits per heavy atom. The number of ether oxygens (including phenoxy) is 1. The van der Waals surface area contributed by atoms with Gasteiger partial charge in [-0.3, -0.25) is 4.79 Å². The predicted molar refractivity (Wildman–Crippen MR) is 98.7 cm³/mol. The standard InChI is InChI=1S/C19H20F2N2O4S/c1-27-17-8-5-12(11-18(17)28(25,26)23-13-6-7-13)19(24)22-10-9-14-15(20)3-2-4-16(14)21/h2-5,8,11,13,23H,6-7,9-10H2,1H3,(H,22,24). The normalized spacial score (nSPS) is 14.0. The molecular weight excluding hydrogens is 390 g/mol. The van der Waals surface area contributed by atoms with Crippen LogP contribution in [0.4, 0.5) is 8.78 Å². The minimum Gasteiger partial charge on any atom is -0.495 e. The van der Waals surface area contributed by atoms with E-state index < -0.39 is 27.6 Å². The van der Waals surface area contributed by atoms with E-state index in [1.165, 1.54) is 31.4 Å². The van der Waals surface area contributed by atoms with Gasteiger partial charge in [-0.05, 0) is 49.6 Å². The lowest BCUT2D eigenvalue weighted by molar-refractivity contribution is 0.0953.